The Balaban J connectivity index is 1.70. The fourth-order valence-electron chi connectivity index (χ4n) is 2.73. The van der Waals surface area contributed by atoms with E-state index in [1.165, 1.54) is 17.8 Å². The number of amides is 2. The number of rotatable bonds is 5. The van der Waals surface area contributed by atoms with Crippen LogP contribution in [0.25, 0.3) is 6.08 Å². The summed E-state index contributed by atoms with van der Waals surface area (Å²) in [4.78, 5) is 24.8. The Labute approximate surface area is 167 Å². The first-order chi connectivity index (χ1) is 12.8. The number of nitrogens with one attached hydrogen (secondary N) is 2. The summed E-state index contributed by atoms with van der Waals surface area (Å²) in [6.45, 7) is 6.77. The highest BCUT2D eigenvalue weighted by atomic mass is 35.5. The Bertz CT molecular complexity index is 921. The van der Waals surface area contributed by atoms with Crippen molar-refractivity contribution in [2.75, 3.05) is 16.4 Å². The van der Waals surface area contributed by atoms with Crippen LogP contribution in [-0.4, -0.2) is 27.3 Å². The highest BCUT2D eigenvalue weighted by Crippen LogP contribution is 2.33. The Kier molecular flexibility index (Phi) is 5.92. The number of aromatic nitrogens is 2. The average molecular weight is 405 g/mol. The van der Waals surface area contributed by atoms with Crippen molar-refractivity contribution in [1.82, 2.24) is 9.78 Å². The molecule has 1 aliphatic heterocycles. The summed E-state index contributed by atoms with van der Waals surface area (Å²) < 4.78 is 1.75. The molecule has 0 saturated carbocycles. The largest absolute Gasteiger partial charge is 0.324 e. The molecule has 0 saturated heterocycles. The molecule has 2 heterocycles. The number of hydrogen-bond acceptors (Lipinski definition) is 4. The molecule has 2 N–H and O–H groups in total. The number of benzene rings is 1. The SMILES string of the molecule is Cc1nn(CC(C)C)c(Cl)c1C=CC(=O)Nc1ccc2c(c1)NC(=O)CS2. The summed E-state index contributed by atoms with van der Waals surface area (Å²) in [6, 6.07) is 5.45. The van der Waals surface area contributed by atoms with Gasteiger partial charge in [-0.15, -0.1) is 11.8 Å². The number of nitrogens with zero attached hydrogens (tertiary/aromatic N) is 2. The number of thioether (sulfide) groups is 1. The van der Waals surface area contributed by atoms with Crippen molar-refractivity contribution in [3.63, 3.8) is 0 Å². The van der Waals surface area contributed by atoms with Crippen molar-refractivity contribution < 1.29 is 9.59 Å². The lowest BCUT2D eigenvalue weighted by atomic mass is 10.2. The minimum atomic E-state index is -0.281. The van der Waals surface area contributed by atoms with Gasteiger partial charge < -0.3 is 10.6 Å². The maximum absolute atomic E-state index is 12.3. The van der Waals surface area contributed by atoms with Crippen molar-refractivity contribution >= 4 is 52.6 Å². The second-order valence-corrected chi connectivity index (χ2v) is 8.11. The van der Waals surface area contributed by atoms with Gasteiger partial charge >= 0.3 is 0 Å². The molecule has 0 aliphatic carbocycles. The van der Waals surface area contributed by atoms with E-state index in [1.54, 1.807) is 16.8 Å². The zero-order valence-corrected chi connectivity index (χ0v) is 16.9. The fourth-order valence-corrected chi connectivity index (χ4v) is 3.82. The summed E-state index contributed by atoms with van der Waals surface area (Å²) in [5.74, 6) is 0.507. The Morgan fingerprint density at radius 1 is 1.48 bits per heavy atom. The molecular formula is C19H21ClN4O2S. The molecule has 27 heavy (non-hydrogen) atoms. The van der Waals surface area contributed by atoms with E-state index in [1.807, 2.05) is 19.1 Å². The highest BCUT2D eigenvalue weighted by molar-refractivity contribution is 8.00. The van der Waals surface area contributed by atoms with Crippen LogP contribution in [0.5, 0.6) is 0 Å². The third-order valence-electron chi connectivity index (χ3n) is 3.93. The monoisotopic (exact) mass is 404 g/mol. The van der Waals surface area contributed by atoms with E-state index in [2.05, 4.69) is 29.6 Å². The standard InChI is InChI=1S/C19H21ClN4O2S/c1-11(2)9-24-19(20)14(12(3)23-24)5-7-17(25)21-13-4-6-16-15(8-13)22-18(26)10-27-16/h4-8,11H,9-10H2,1-3H3,(H,21,25)(H,22,26). The van der Waals surface area contributed by atoms with Gasteiger partial charge in [-0.1, -0.05) is 25.4 Å². The van der Waals surface area contributed by atoms with Crippen LogP contribution in [0.1, 0.15) is 25.1 Å². The molecule has 0 atom stereocenters. The van der Waals surface area contributed by atoms with Crippen LogP contribution in [0.2, 0.25) is 5.15 Å². The van der Waals surface area contributed by atoms with Gasteiger partial charge in [0.1, 0.15) is 5.15 Å². The van der Waals surface area contributed by atoms with Gasteiger partial charge in [0.05, 0.1) is 17.1 Å². The van der Waals surface area contributed by atoms with Crippen LogP contribution < -0.4 is 10.6 Å². The molecule has 0 fully saturated rings. The lowest BCUT2D eigenvalue weighted by Crippen LogP contribution is -2.19. The number of halogens is 1. The van der Waals surface area contributed by atoms with E-state index < -0.39 is 0 Å². The average Bonchev–Trinajstić information content (AvgIpc) is 2.85. The maximum atomic E-state index is 12.3. The summed E-state index contributed by atoms with van der Waals surface area (Å²) in [5.41, 5.74) is 2.84. The molecular weight excluding hydrogens is 384 g/mol. The van der Waals surface area contributed by atoms with Gasteiger partial charge in [0.2, 0.25) is 11.8 Å². The normalized spacial score (nSPS) is 13.7. The molecule has 0 spiro atoms. The summed E-state index contributed by atoms with van der Waals surface area (Å²) >= 11 is 7.86. The van der Waals surface area contributed by atoms with Crippen molar-refractivity contribution in [3.05, 3.63) is 40.7 Å². The highest BCUT2D eigenvalue weighted by Gasteiger charge is 2.16. The predicted molar refractivity (Wildman–Crippen MR) is 110 cm³/mol. The molecule has 0 bridgehead atoms. The second kappa shape index (κ2) is 8.19. The van der Waals surface area contributed by atoms with Crippen LogP contribution in [0.4, 0.5) is 11.4 Å². The molecule has 2 aromatic rings. The molecule has 3 rings (SSSR count). The minimum absolute atomic E-state index is 0.0422. The van der Waals surface area contributed by atoms with Gasteiger partial charge in [-0.05, 0) is 37.1 Å². The molecule has 142 valence electrons. The number of hydrogen-bond donors (Lipinski definition) is 2. The van der Waals surface area contributed by atoms with Crippen LogP contribution in [0, 0.1) is 12.8 Å². The number of fused-ring (bicyclic) bond motifs is 1. The zero-order chi connectivity index (χ0) is 19.6. The number of aryl methyl sites for hydroxylation is 1. The van der Waals surface area contributed by atoms with Crippen molar-refractivity contribution in [2.45, 2.75) is 32.2 Å². The van der Waals surface area contributed by atoms with Crippen LogP contribution in [0.15, 0.2) is 29.2 Å². The van der Waals surface area contributed by atoms with Gasteiger partial charge in [0, 0.05) is 28.8 Å². The lowest BCUT2D eigenvalue weighted by Gasteiger charge is -2.17. The summed E-state index contributed by atoms with van der Waals surface area (Å²) in [5, 5.41) is 10.6. The fraction of sp³-hybridized carbons (Fsp3) is 0.316. The van der Waals surface area contributed by atoms with Gasteiger partial charge in [0.25, 0.3) is 0 Å². The lowest BCUT2D eigenvalue weighted by molar-refractivity contribution is -0.114. The summed E-state index contributed by atoms with van der Waals surface area (Å²) in [6.07, 6.45) is 3.11. The molecule has 0 radical (unpaired) electrons. The quantitative estimate of drug-likeness (QED) is 0.732. The van der Waals surface area contributed by atoms with Crippen molar-refractivity contribution in [2.24, 2.45) is 5.92 Å². The molecule has 6 nitrogen and oxygen atoms in total. The van der Waals surface area contributed by atoms with Gasteiger partial charge in [-0.25, -0.2) is 0 Å². The van der Waals surface area contributed by atoms with Gasteiger partial charge in [0.15, 0.2) is 0 Å². The Hall–Kier alpha value is -2.25. The van der Waals surface area contributed by atoms with E-state index in [0.717, 1.165) is 22.7 Å². The van der Waals surface area contributed by atoms with E-state index in [9.17, 15) is 9.59 Å². The third kappa shape index (κ3) is 4.73. The Morgan fingerprint density at radius 2 is 2.26 bits per heavy atom. The van der Waals surface area contributed by atoms with E-state index in [4.69, 9.17) is 11.6 Å². The molecule has 1 aromatic heterocycles. The molecule has 0 unspecified atom stereocenters. The van der Waals surface area contributed by atoms with Gasteiger partial charge in [-0.2, -0.15) is 5.10 Å². The van der Waals surface area contributed by atoms with Gasteiger partial charge in [-0.3, -0.25) is 14.3 Å². The number of carbonyl (C=O) groups excluding carboxylic acids is 2. The van der Waals surface area contributed by atoms with Crippen LogP contribution in [0.3, 0.4) is 0 Å². The van der Waals surface area contributed by atoms with E-state index >= 15 is 0 Å². The molecule has 8 heteroatoms. The second-order valence-electron chi connectivity index (χ2n) is 6.74. The Morgan fingerprint density at radius 3 is 3.00 bits per heavy atom. The predicted octanol–water partition coefficient (Wildman–Crippen LogP) is 4.20. The maximum Gasteiger partial charge on any atom is 0.248 e. The first kappa shape index (κ1) is 19.5. The van der Waals surface area contributed by atoms with Crippen LogP contribution >= 0.6 is 23.4 Å². The molecule has 1 aliphatic rings. The van der Waals surface area contributed by atoms with E-state index in [-0.39, 0.29) is 11.8 Å². The smallest absolute Gasteiger partial charge is 0.248 e. The zero-order valence-electron chi connectivity index (χ0n) is 15.4. The van der Waals surface area contributed by atoms with E-state index in [0.29, 0.717) is 28.2 Å². The first-order valence-electron chi connectivity index (χ1n) is 8.62. The van der Waals surface area contributed by atoms with Crippen LogP contribution in [-0.2, 0) is 16.1 Å². The third-order valence-corrected chi connectivity index (χ3v) is 5.40. The van der Waals surface area contributed by atoms with Crippen molar-refractivity contribution in [3.8, 4) is 0 Å². The molecule has 2 amide bonds. The first-order valence-corrected chi connectivity index (χ1v) is 9.98. The molecule has 1 aromatic carbocycles. The summed E-state index contributed by atoms with van der Waals surface area (Å²) in [7, 11) is 0. The van der Waals surface area contributed by atoms with Crippen molar-refractivity contribution in [1.29, 1.82) is 0 Å². The topological polar surface area (TPSA) is 76.0 Å². The number of anilines is 2. The minimum Gasteiger partial charge on any atom is -0.324 e. The number of carbonyl (C=O) groups is 2.